The lowest BCUT2D eigenvalue weighted by molar-refractivity contribution is 0.619. The largest absolute Gasteiger partial charge is 0.330 e. The zero-order valence-electron chi connectivity index (χ0n) is 11.6. The number of nitrogens with zero attached hydrogens (tertiary/aromatic N) is 2. The van der Waals surface area contributed by atoms with Crippen LogP contribution in [0.5, 0.6) is 0 Å². The van der Waals surface area contributed by atoms with Gasteiger partial charge in [0.05, 0.1) is 4.47 Å². The predicted molar refractivity (Wildman–Crippen MR) is 89.7 cm³/mol. The summed E-state index contributed by atoms with van der Waals surface area (Å²) >= 11 is 9.23. The minimum atomic E-state index is -0.256. The summed E-state index contributed by atoms with van der Waals surface area (Å²) in [6, 6.07) is 12.8. The molecule has 3 aromatic rings. The molecule has 1 aromatic heterocycles. The smallest absolute Gasteiger partial charge is 0.137 e. The van der Waals surface area contributed by atoms with Gasteiger partial charge in [0.15, 0.2) is 0 Å². The maximum Gasteiger partial charge on any atom is 0.137 e. The molecule has 2 nitrogen and oxygen atoms in total. The van der Waals surface area contributed by atoms with Crippen LogP contribution >= 0.6 is 27.5 Å². The van der Waals surface area contributed by atoms with Gasteiger partial charge in [-0.15, -0.1) is 0 Å². The molecular formula is C17H13BrClFN2. The normalized spacial score (nSPS) is 10.9. The van der Waals surface area contributed by atoms with E-state index < -0.39 is 0 Å². The Labute approximate surface area is 141 Å². The highest BCUT2D eigenvalue weighted by Crippen LogP contribution is 2.19. The molecule has 0 radical (unpaired) electrons. The van der Waals surface area contributed by atoms with Crippen molar-refractivity contribution in [3.63, 3.8) is 0 Å². The number of halogens is 3. The molecule has 0 spiro atoms. The van der Waals surface area contributed by atoms with Gasteiger partial charge in [-0.1, -0.05) is 29.8 Å². The van der Waals surface area contributed by atoms with Crippen molar-refractivity contribution in [1.29, 1.82) is 0 Å². The summed E-state index contributed by atoms with van der Waals surface area (Å²) in [5, 5.41) is 0.720. The number of aromatic nitrogens is 2. The van der Waals surface area contributed by atoms with E-state index in [1.54, 1.807) is 18.3 Å². The van der Waals surface area contributed by atoms with Gasteiger partial charge in [0.2, 0.25) is 0 Å². The molecule has 5 heteroatoms. The van der Waals surface area contributed by atoms with Gasteiger partial charge in [-0.25, -0.2) is 9.37 Å². The van der Waals surface area contributed by atoms with Crippen molar-refractivity contribution in [2.45, 2.75) is 13.0 Å². The first-order valence-electron chi connectivity index (χ1n) is 6.80. The van der Waals surface area contributed by atoms with Crippen molar-refractivity contribution in [2.24, 2.45) is 0 Å². The Morgan fingerprint density at radius 3 is 2.77 bits per heavy atom. The minimum Gasteiger partial charge on any atom is -0.330 e. The molecule has 1 heterocycles. The van der Waals surface area contributed by atoms with Crippen LogP contribution in [0.25, 0.3) is 0 Å². The second kappa shape index (κ2) is 6.63. The molecule has 3 rings (SSSR count). The molecule has 0 unspecified atom stereocenters. The van der Waals surface area contributed by atoms with Gasteiger partial charge in [-0.05, 0) is 51.3 Å². The van der Waals surface area contributed by atoms with E-state index in [0.29, 0.717) is 17.4 Å². The van der Waals surface area contributed by atoms with Crippen LogP contribution < -0.4 is 0 Å². The lowest BCUT2D eigenvalue weighted by atomic mass is 10.1. The van der Waals surface area contributed by atoms with Gasteiger partial charge in [0.1, 0.15) is 11.6 Å². The van der Waals surface area contributed by atoms with Crippen LogP contribution in [0, 0.1) is 5.82 Å². The van der Waals surface area contributed by atoms with Gasteiger partial charge in [0.25, 0.3) is 0 Å². The van der Waals surface area contributed by atoms with Crippen LogP contribution in [-0.4, -0.2) is 9.55 Å². The highest BCUT2D eigenvalue weighted by atomic mass is 79.9. The zero-order valence-corrected chi connectivity index (χ0v) is 14.0. The Hall–Kier alpha value is -1.65. The molecular weight excluding hydrogens is 367 g/mol. The number of hydrogen-bond donors (Lipinski definition) is 0. The summed E-state index contributed by atoms with van der Waals surface area (Å²) in [6.07, 6.45) is 4.41. The number of rotatable bonds is 4. The fraction of sp³-hybridized carbons (Fsp3) is 0.118. The fourth-order valence-corrected chi connectivity index (χ4v) is 2.95. The molecule has 0 amide bonds. The second-order valence-corrected chi connectivity index (χ2v) is 6.32. The minimum absolute atomic E-state index is 0.256. The highest BCUT2D eigenvalue weighted by molar-refractivity contribution is 9.10. The Balaban J connectivity index is 1.81. The van der Waals surface area contributed by atoms with Crippen molar-refractivity contribution >= 4 is 27.5 Å². The Kier molecular flexibility index (Phi) is 4.60. The number of hydrogen-bond acceptors (Lipinski definition) is 1. The van der Waals surface area contributed by atoms with E-state index in [1.807, 2.05) is 30.5 Å². The lowest BCUT2D eigenvalue weighted by Gasteiger charge is -2.09. The summed E-state index contributed by atoms with van der Waals surface area (Å²) in [7, 11) is 0. The molecule has 112 valence electrons. The Morgan fingerprint density at radius 2 is 2.00 bits per heavy atom. The Bertz CT molecular complexity index is 801. The first-order chi connectivity index (χ1) is 10.6. The van der Waals surface area contributed by atoms with E-state index >= 15 is 0 Å². The van der Waals surface area contributed by atoms with E-state index in [-0.39, 0.29) is 5.82 Å². The maximum atomic E-state index is 13.3. The van der Waals surface area contributed by atoms with Crippen LogP contribution in [0.3, 0.4) is 0 Å². The molecule has 0 fully saturated rings. The molecule has 0 atom stereocenters. The maximum absolute atomic E-state index is 13.3. The molecule has 0 saturated heterocycles. The summed E-state index contributed by atoms with van der Waals surface area (Å²) in [4.78, 5) is 4.41. The van der Waals surface area contributed by atoms with Crippen LogP contribution in [0.15, 0.2) is 59.3 Å². The van der Waals surface area contributed by atoms with Crippen LogP contribution in [0.2, 0.25) is 5.02 Å². The summed E-state index contributed by atoms with van der Waals surface area (Å²) in [5.41, 5.74) is 2.12. The van der Waals surface area contributed by atoms with E-state index in [2.05, 4.69) is 25.5 Å². The zero-order chi connectivity index (χ0) is 15.5. The van der Waals surface area contributed by atoms with Crippen LogP contribution in [0.1, 0.15) is 17.0 Å². The van der Waals surface area contributed by atoms with Crippen LogP contribution in [-0.2, 0) is 13.0 Å². The van der Waals surface area contributed by atoms with Gasteiger partial charge in [-0.2, -0.15) is 0 Å². The van der Waals surface area contributed by atoms with Crippen molar-refractivity contribution in [3.05, 3.63) is 87.1 Å². The van der Waals surface area contributed by atoms with Crippen molar-refractivity contribution < 1.29 is 4.39 Å². The monoisotopic (exact) mass is 378 g/mol. The topological polar surface area (TPSA) is 17.8 Å². The molecule has 0 aliphatic carbocycles. The van der Waals surface area contributed by atoms with Gasteiger partial charge < -0.3 is 4.57 Å². The lowest BCUT2D eigenvalue weighted by Crippen LogP contribution is -2.05. The summed E-state index contributed by atoms with van der Waals surface area (Å²) in [5.74, 6) is 0.691. The van der Waals surface area contributed by atoms with E-state index in [1.165, 1.54) is 6.07 Å². The number of imidazole rings is 1. The Morgan fingerprint density at radius 1 is 1.14 bits per heavy atom. The average molecular weight is 380 g/mol. The summed E-state index contributed by atoms with van der Waals surface area (Å²) in [6.45, 7) is 0.648. The van der Waals surface area contributed by atoms with Crippen molar-refractivity contribution in [2.75, 3.05) is 0 Å². The first-order valence-corrected chi connectivity index (χ1v) is 7.97. The molecule has 0 saturated carbocycles. The van der Waals surface area contributed by atoms with Gasteiger partial charge >= 0.3 is 0 Å². The molecule has 0 aliphatic heterocycles. The molecule has 2 aromatic carbocycles. The SMILES string of the molecule is Fc1ccc(Cn2ccnc2Cc2cccc(Cl)c2)cc1Br. The summed E-state index contributed by atoms with van der Waals surface area (Å²) < 4.78 is 15.8. The van der Waals surface area contributed by atoms with Gasteiger partial charge in [-0.3, -0.25) is 0 Å². The average Bonchev–Trinajstić information content (AvgIpc) is 2.90. The standard InChI is InChI=1S/C17H13BrClFN2/c18-15-9-13(4-5-16(15)20)11-22-7-6-21-17(22)10-12-2-1-3-14(19)8-12/h1-9H,10-11H2. The third-order valence-electron chi connectivity index (χ3n) is 3.39. The predicted octanol–water partition coefficient (Wildman–Crippen LogP) is 5.08. The highest BCUT2D eigenvalue weighted by Gasteiger charge is 2.07. The van der Waals surface area contributed by atoms with E-state index in [9.17, 15) is 4.39 Å². The third kappa shape index (κ3) is 3.57. The van der Waals surface area contributed by atoms with Crippen LogP contribution in [0.4, 0.5) is 4.39 Å². The second-order valence-electron chi connectivity index (χ2n) is 5.03. The van der Waals surface area contributed by atoms with Crippen molar-refractivity contribution in [1.82, 2.24) is 9.55 Å². The fourth-order valence-electron chi connectivity index (χ4n) is 2.32. The molecule has 0 N–H and O–H groups in total. The third-order valence-corrected chi connectivity index (χ3v) is 4.23. The van der Waals surface area contributed by atoms with E-state index in [4.69, 9.17) is 11.6 Å². The quantitative estimate of drug-likeness (QED) is 0.618. The van der Waals surface area contributed by atoms with E-state index in [0.717, 1.165) is 22.0 Å². The molecule has 0 aliphatic rings. The van der Waals surface area contributed by atoms with Crippen molar-refractivity contribution in [3.8, 4) is 0 Å². The van der Waals surface area contributed by atoms with Gasteiger partial charge in [0, 0.05) is 30.4 Å². The molecule has 22 heavy (non-hydrogen) atoms. The number of benzene rings is 2. The first kappa shape index (κ1) is 15.3. The molecule has 0 bridgehead atoms.